The van der Waals surface area contributed by atoms with Crippen molar-refractivity contribution in [2.75, 3.05) is 11.1 Å². The summed E-state index contributed by atoms with van der Waals surface area (Å²) in [5, 5.41) is 2.17. The minimum atomic E-state index is -5.19. The Labute approximate surface area is 226 Å². The van der Waals surface area contributed by atoms with E-state index in [0.29, 0.717) is 18.2 Å². The van der Waals surface area contributed by atoms with Crippen LogP contribution in [0.5, 0.6) is 0 Å². The zero-order chi connectivity index (χ0) is 26.8. The maximum atomic E-state index is 13.3. The Morgan fingerprint density at radius 2 is 1.24 bits per heavy atom. The van der Waals surface area contributed by atoms with E-state index in [4.69, 9.17) is 5.73 Å². The third-order valence-corrected chi connectivity index (χ3v) is 6.24. The molecule has 0 amide bonds. The summed E-state index contributed by atoms with van der Waals surface area (Å²) in [7, 11) is -5.15. The van der Waals surface area contributed by atoms with E-state index < -0.39 is 78.2 Å². The van der Waals surface area contributed by atoms with Crippen LogP contribution in [-0.2, 0) is 22.5 Å². The van der Waals surface area contributed by atoms with Crippen LogP contribution in [0, 0.1) is 0 Å². The van der Waals surface area contributed by atoms with Crippen LogP contribution in [0.15, 0.2) is 53.4 Å². The second-order valence-electron chi connectivity index (χ2n) is 7.68. The summed E-state index contributed by atoms with van der Waals surface area (Å²) >= 11 is 0. The van der Waals surface area contributed by atoms with Gasteiger partial charge < -0.3 is 11.1 Å². The molecule has 4 N–H and O–H groups in total. The van der Waals surface area contributed by atoms with Gasteiger partial charge in [-0.25, -0.2) is 0 Å². The number of hydrogen-bond donors (Lipinski definition) is 3. The zero-order valence-electron chi connectivity index (χ0n) is 17.5. The van der Waals surface area contributed by atoms with E-state index in [2.05, 4.69) is 5.32 Å². The third kappa shape index (κ3) is 5.25. The van der Waals surface area contributed by atoms with E-state index in [1.54, 1.807) is 0 Å². The Kier molecular flexibility index (Phi) is 7.31. The number of nitrogen functional groups attached to an aromatic ring is 1. The Morgan fingerprint density at radius 3 is 1.68 bits per heavy atom. The topological polar surface area (TPSA) is 127 Å². The minimum absolute atomic E-state index is 0. The van der Waals surface area contributed by atoms with E-state index >= 15 is 0 Å². The van der Waals surface area contributed by atoms with Crippen LogP contribution in [0.3, 0.4) is 0 Å². The van der Waals surface area contributed by atoms with E-state index in [1.165, 1.54) is 24.3 Å². The quantitative estimate of drug-likeness (QED) is 0.148. The summed E-state index contributed by atoms with van der Waals surface area (Å²) in [5.41, 5.74) is -1.49. The van der Waals surface area contributed by atoms with Crippen molar-refractivity contribution < 1.29 is 48.9 Å². The molecule has 0 spiro atoms. The summed E-state index contributed by atoms with van der Waals surface area (Å²) < 4.78 is 113. The summed E-state index contributed by atoms with van der Waals surface area (Å²) in [6, 6.07) is 6.32. The molecule has 0 atom stereocenters. The molecule has 37 heavy (non-hydrogen) atoms. The fraction of sp³-hybridized carbons (Fsp3) is 0.0909. The summed E-state index contributed by atoms with van der Waals surface area (Å²) in [4.78, 5) is 25.2. The van der Waals surface area contributed by atoms with Gasteiger partial charge in [0.2, 0.25) is 0 Å². The van der Waals surface area contributed by atoms with Crippen LogP contribution in [0.25, 0.3) is 0 Å². The zero-order valence-corrected chi connectivity index (χ0v) is 18.3. The predicted octanol–water partition coefficient (Wildman–Crippen LogP) is 4.42. The van der Waals surface area contributed by atoms with Crippen LogP contribution < -0.4 is 11.1 Å². The van der Waals surface area contributed by atoms with Crippen molar-refractivity contribution in [2.24, 2.45) is 0 Å². The first kappa shape index (κ1) is 28.7. The average molecular weight is 554 g/mol. The van der Waals surface area contributed by atoms with Gasteiger partial charge >= 0.3 is 41.9 Å². The SMILES string of the molecule is Nc1c(S(=O)(=O)O)cc(Nc2cc(C(F)(F)F)cc(C(F)(F)F)c2)c2c1C(=O)c1ccccc1C2=O.[NaH]. The molecule has 0 bridgehead atoms. The number of nitrogens with one attached hydrogen (secondary N) is 1. The number of carbonyl (C=O) groups excluding carboxylic acids is 2. The third-order valence-electron chi connectivity index (χ3n) is 5.34. The Hall–Kier alpha value is -2.91. The normalized spacial score (nSPS) is 13.5. The van der Waals surface area contributed by atoms with Gasteiger partial charge in [-0.15, -0.1) is 0 Å². The fourth-order valence-electron chi connectivity index (χ4n) is 3.79. The molecule has 0 radical (unpaired) electrons. The van der Waals surface area contributed by atoms with E-state index in [-0.39, 0.29) is 46.8 Å². The number of halogens is 6. The van der Waals surface area contributed by atoms with Crippen molar-refractivity contribution in [1.29, 1.82) is 0 Å². The van der Waals surface area contributed by atoms with Crippen LogP contribution in [0.1, 0.15) is 43.0 Å². The van der Waals surface area contributed by atoms with Crippen molar-refractivity contribution in [3.05, 3.63) is 81.9 Å². The molecule has 1 aliphatic rings. The Bertz CT molecular complexity index is 1540. The fourth-order valence-corrected chi connectivity index (χ4v) is 4.44. The number of hydrogen-bond acceptors (Lipinski definition) is 6. The molecule has 0 aliphatic heterocycles. The molecule has 7 nitrogen and oxygen atoms in total. The number of ketones is 2. The summed E-state index contributed by atoms with van der Waals surface area (Å²) in [6.45, 7) is 0. The number of nitrogens with two attached hydrogens (primary N) is 1. The maximum absolute atomic E-state index is 13.3. The van der Waals surface area contributed by atoms with Crippen LogP contribution >= 0.6 is 0 Å². The molecule has 1 aliphatic carbocycles. The van der Waals surface area contributed by atoms with Gasteiger partial charge in [-0.1, -0.05) is 24.3 Å². The van der Waals surface area contributed by atoms with E-state index in [0.717, 1.165) is 0 Å². The first-order chi connectivity index (χ1) is 16.5. The predicted molar refractivity (Wildman–Crippen MR) is 121 cm³/mol. The second-order valence-corrected chi connectivity index (χ2v) is 9.07. The molecule has 3 aromatic rings. The average Bonchev–Trinajstić information content (AvgIpc) is 2.76. The van der Waals surface area contributed by atoms with Crippen LogP contribution in [-0.4, -0.2) is 54.1 Å². The molecule has 190 valence electrons. The molecule has 0 saturated heterocycles. The van der Waals surface area contributed by atoms with Gasteiger partial charge in [0.25, 0.3) is 10.1 Å². The van der Waals surface area contributed by atoms with Crippen molar-refractivity contribution in [3.63, 3.8) is 0 Å². The van der Waals surface area contributed by atoms with E-state index in [1.807, 2.05) is 0 Å². The van der Waals surface area contributed by atoms with Crippen LogP contribution in [0.4, 0.5) is 43.4 Å². The number of benzene rings is 3. The van der Waals surface area contributed by atoms with Gasteiger partial charge in [-0.2, -0.15) is 34.8 Å². The van der Waals surface area contributed by atoms with Gasteiger partial charge in [0.15, 0.2) is 11.6 Å². The first-order valence-electron chi connectivity index (χ1n) is 9.69. The molecule has 0 saturated carbocycles. The number of anilines is 3. The molecule has 4 rings (SSSR count). The molecule has 0 unspecified atom stereocenters. The summed E-state index contributed by atoms with van der Waals surface area (Å²) in [5.74, 6) is -1.84. The Balaban J connectivity index is 0.00000380. The molecule has 3 aromatic carbocycles. The van der Waals surface area contributed by atoms with Gasteiger partial charge in [0, 0.05) is 16.8 Å². The Morgan fingerprint density at radius 1 is 0.784 bits per heavy atom. The van der Waals surface area contributed by atoms with Gasteiger partial charge in [-0.3, -0.25) is 14.1 Å². The van der Waals surface area contributed by atoms with Gasteiger partial charge in [0.1, 0.15) is 4.90 Å². The second kappa shape index (κ2) is 9.44. The number of carbonyl (C=O) groups is 2. The molecule has 0 heterocycles. The van der Waals surface area contributed by atoms with Crippen molar-refractivity contribution in [2.45, 2.75) is 17.2 Å². The monoisotopic (exact) mass is 554 g/mol. The number of alkyl halides is 6. The van der Waals surface area contributed by atoms with Crippen molar-refractivity contribution >= 4 is 68.3 Å². The van der Waals surface area contributed by atoms with Crippen LogP contribution in [0.2, 0.25) is 0 Å². The molecular formula is C22H13F6N2NaO5S. The summed E-state index contributed by atoms with van der Waals surface area (Å²) in [6.07, 6.45) is -10.4. The molecular weight excluding hydrogens is 541 g/mol. The number of fused-ring (bicyclic) bond motifs is 2. The molecule has 0 aromatic heterocycles. The first-order valence-corrected chi connectivity index (χ1v) is 11.1. The van der Waals surface area contributed by atoms with Crippen molar-refractivity contribution in [1.82, 2.24) is 0 Å². The number of rotatable bonds is 3. The standard InChI is InChI=1S/C22H12F6N2O5S.Na.H/c23-21(24,25)9-5-10(22(26,27)28)7-11(6-9)30-14-8-15(36(33,34)35)18(29)17-16(14)19(31)12-3-1-2-4-13(12)20(17)32;;/h1-8,30H,29H2,(H,33,34,35);;. The van der Waals surface area contributed by atoms with Gasteiger partial charge in [-0.05, 0) is 24.3 Å². The van der Waals surface area contributed by atoms with Gasteiger partial charge in [0.05, 0.1) is 33.6 Å². The molecule has 15 heteroatoms. The van der Waals surface area contributed by atoms with Crippen molar-refractivity contribution in [3.8, 4) is 0 Å². The molecule has 0 fully saturated rings. The van der Waals surface area contributed by atoms with E-state index in [9.17, 15) is 48.9 Å².